The van der Waals surface area contributed by atoms with E-state index in [1.807, 2.05) is 0 Å². The molecule has 1 heteroatoms. The third-order valence-electron chi connectivity index (χ3n) is 4.42. The molecule has 0 saturated carbocycles. The van der Waals surface area contributed by atoms with Crippen molar-refractivity contribution in [3.63, 3.8) is 0 Å². The molecule has 138 valence electrons. The summed E-state index contributed by atoms with van der Waals surface area (Å²) in [6.07, 6.45) is 1.26. The lowest BCUT2D eigenvalue weighted by molar-refractivity contribution is 0.479. The van der Waals surface area contributed by atoms with Crippen LogP contribution in [0.4, 0.5) is 0 Å². The largest absolute Gasteiger partial charge is 0.0892 e. The second kappa shape index (κ2) is 6.75. The maximum Gasteiger partial charge on any atom is -0.0125 e. The maximum absolute atomic E-state index is 2.50. The van der Waals surface area contributed by atoms with Crippen molar-refractivity contribution in [1.29, 1.82) is 0 Å². The SMILES string of the molecule is CC(C)(C)CPc1c(C(C)(C)C)cc(C(C)(C)C)cc1C(C)(C)C. The van der Waals surface area contributed by atoms with Crippen LogP contribution in [0.2, 0.25) is 0 Å². The minimum absolute atomic E-state index is 0.182. The van der Waals surface area contributed by atoms with Gasteiger partial charge in [-0.2, -0.15) is 0 Å². The molecule has 0 aliphatic rings. The van der Waals surface area contributed by atoms with E-state index in [4.69, 9.17) is 0 Å². The zero-order valence-electron chi connectivity index (χ0n) is 18.4. The van der Waals surface area contributed by atoms with E-state index < -0.39 is 0 Å². The van der Waals surface area contributed by atoms with Crippen LogP contribution in [-0.2, 0) is 16.2 Å². The molecule has 0 N–H and O–H groups in total. The fourth-order valence-electron chi connectivity index (χ4n) is 2.80. The number of hydrogen-bond donors (Lipinski definition) is 0. The van der Waals surface area contributed by atoms with E-state index in [0.29, 0.717) is 5.41 Å². The molecule has 0 saturated heterocycles. The molecule has 1 aromatic rings. The molecule has 0 bridgehead atoms. The van der Waals surface area contributed by atoms with Gasteiger partial charge in [0.05, 0.1) is 0 Å². The van der Waals surface area contributed by atoms with E-state index in [-0.39, 0.29) is 16.2 Å². The lowest BCUT2D eigenvalue weighted by Gasteiger charge is -2.34. The van der Waals surface area contributed by atoms with Gasteiger partial charge in [0.1, 0.15) is 0 Å². The molecule has 0 aliphatic carbocycles. The first-order valence-corrected chi connectivity index (χ1v) is 10.6. The Balaban J connectivity index is 3.68. The number of rotatable bonds is 2. The summed E-state index contributed by atoms with van der Waals surface area (Å²) in [5, 5.41) is 1.62. The summed E-state index contributed by atoms with van der Waals surface area (Å²) in [5.74, 6) is 0. The Morgan fingerprint density at radius 2 is 1.00 bits per heavy atom. The predicted octanol–water partition coefficient (Wildman–Crippen LogP) is 6.93. The fraction of sp³-hybridized carbons (Fsp3) is 0.739. The summed E-state index contributed by atoms with van der Waals surface area (Å²) in [7, 11) is 0.880. The molecule has 0 fully saturated rings. The first-order valence-electron chi connectivity index (χ1n) is 9.36. The van der Waals surface area contributed by atoms with Crippen LogP contribution < -0.4 is 5.30 Å². The molecular weight excluding hydrogens is 307 g/mol. The molecule has 1 unspecified atom stereocenters. The monoisotopic (exact) mass is 348 g/mol. The molecule has 1 aromatic carbocycles. The summed E-state index contributed by atoms with van der Waals surface area (Å²) in [4.78, 5) is 0. The molecule has 0 amide bonds. The summed E-state index contributed by atoms with van der Waals surface area (Å²) in [6.45, 7) is 28.3. The van der Waals surface area contributed by atoms with Crippen molar-refractivity contribution in [3.05, 3.63) is 28.8 Å². The van der Waals surface area contributed by atoms with Crippen molar-refractivity contribution in [2.75, 3.05) is 6.16 Å². The highest BCUT2D eigenvalue weighted by atomic mass is 31.1. The Kier molecular flexibility index (Phi) is 6.10. The fourth-order valence-corrected chi connectivity index (χ4v) is 4.78. The second-order valence-corrected chi connectivity index (χ2v) is 12.8. The second-order valence-electron chi connectivity index (χ2n) is 11.6. The summed E-state index contributed by atoms with van der Waals surface area (Å²) in [6, 6.07) is 5.00. The molecule has 0 aromatic heterocycles. The Labute approximate surface area is 154 Å². The molecule has 0 spiro atoms. The van der Waals surface area contributed by atoms with Gasteiger partial charge in [0.15, 0.2) is 0 Å². The van der Waals surface area contributed by atoms with Crippen LogP contribution in [0.25, 0.3) is 0 Å². The Morgan fingerprint density at radius 1 is 0.625 bits per heavy atom. The number of benzene rings is 1. The van der Waals surface area contributed by atoms with Crippen molar-refractivity contribution < 1.29 is 0 Å². The van der Waals surface area contributed by atoms with Crippen LogP contribution in [0.3, 0.4) is 0 Å². The van der Waals surface area contributed by atoms with Gasteiger partial charge >= 0.3 is 0 Å². The molecule has 1 atom stereocenters. The summed E-state index contributed by atoms with van der Waals surface area (Å²) >= 11 is 0. The van der Waals surface area contributed by atoms with E-state index >= 15 is 0 Å². The van der Waals surface area contributed by atoms with Crippen LogP contribution in [0.5, 0.6) is 0 Å². The minimum Gasteiger partial charge on any atom is -0.0892 e. The highest BCUT2D eigenvalue weighted by molar-refractivity contribution is 7.47. The predicted molar refractivity (Wildman–Crippen MR) is 115 cm³/mol. The Hall–Kier alpha value is -0.350. The van der Waals surface area contributed by atoms with Gasteiger partial charge in [0.2, 0.25) is 0 Å². The summed E-state index contributed by atoms with van der Waals surface area (Å²) < 4.78 is 0. The average Bonchev–Trinajstić information content (AvgIpc) is 2.30. The van der Waals surface area contributed by atoms with Crippen LogP contribution in [0.1, 0.15) is 99.8 Å². The lowest BCUT2D eigenvalue weighted by atomic mass is 9.75. The van der Waals surface area contributed by atoms with Gasteiger partial charge in [0, 0.05) is 0 Å². The van der Waals surface area contributed by atoms with E-state index in [2.05, 4.69) is 95.2 Å². The van der Waals surface area contributed by atoms with Gasteiger partial charge in [-0.05, 0) is 49.8 Å². The van der Waals surface area contributed by atoms with Gasteiger partial charge in [-0.25, -0.2) is 0 Å². The van der Waals surface area contributed by atoms with Gasteiger partial charge in [-0.15, -0.1) is 0 Å². The van der Waals surface area contributed by atoms with Crippen molar-refractivity contribution in [3.8, 4) is 0 Å². The van der Waals surface area contributed by atoms with E-state index in [1.54, 1.807) is 16.4 Å². The number of hydrogen-bond acceptors (Lipinski definition) is 0. The molecule has 0 nitrogen and oxygen atoms in total. The van der Waals surface area contributed by atoms with Crippen LogP contribution in [-0.4, -0.2) is 6.16 Å². The standard InChI is InChI=1S/C23H41P/c1-20(2,3)15-24-19-17(22(7,8)9)13-16(21(4,5)6)14-18(19)23(10,11)12/h13-14,24H,15H2,1-12H3. The molecule has 1 rings (SSSR count). The van der Waals surface area contributed by atoms with Crippen LogP contribution >= 0.6 is 8.58 Å². The zero-order valence-corrected chi connectivity index (χ0v) is 19.4. The highest BCUT2D eigenvalue weighted by Gasteiger charge is 2.29. The smallest absolute Gasteiger partial charge is 0.0125 e. The van der Waals surface area contributed by atoms with Gasteiger partial charge < -0.3 is 0 Å². The average molecular weight is 349 g/mol. The summed E-state index contributed by atoms with van der Waals surface area (Å²) in [5.41, 5.74) is 5.52. The first kappa shape index (κ1) is 21.7. The van der Waals surface area contributed by atoms with Crippen LogP contribution in [0.15, 0.2) is 12.1 Å². The Bertz CT molecular complexity index is 531. The van der Waals surface area contributed by atoms with E-state index in [0.717, 1.165) is 8.58 Å². The molecule has 0 heterocycles. The van der Waals surface area contributed by atoms with Crippen molar-refractivity contribution in [1.82, 2.24) is 0 Å². The first-order chi connectivity index (χ1) is 10.4. The van der Waals surface area contributed by atoms with Crippen molar-refractivity contribution in [2.45, 2.75) is 99.3 Å². The van der Waals surface area contributed by atoms with Crippen LogP contribution in [0, 0.1) is 5.41 Å². The lowest BCUT2D eigenvalue weighted by Crippen LogP contribution is -2.31. The van der Waals surface area contributed by atoms with E-state index in [1.165, 1.54) is 11.7 Å². The normalized spacial score (nSPS) is 14.7. The quantitative estimate of drug-likeness (QED) is 0.508. The maximum atomic E-state index is 2.50. The van der Waals surface area contributed by atoms with Gasteiger partial charge in [0.25, 0.3) is 0 Å². The minimum atomic E-state index is 0.182. The molecular formula is C23H41P. The Morgan fingerprint density at radius 3 is 1.25 bits per heavy atom. The molecule has 0 aliphatic heterocycles. The topological polar surface area (TPSA) is 0 Å². The van der Waals surface area contributed by atoms with E-state index in [9.17, 15) is 0 Å². The third-order valence-corrected chi connectivity index (χ3v) is 6.55. The van der Waals surface area contributed by atoms with Crippen molar-refractivity contribution in [2.24, 2.45) is 5.41 Å². The highest BCUT2D eigenvalue weighted by Crippen LogP contribution is 2.38. The molecule has 0 radical (unpaired) electrons. The molecule has 24 heavy (non-hydrogen) atoms. The van der Waals surface area contributed by atoms with Gasteiger partial charge in [-0.1, -0.05) is 104 Å². The zero-order chi connectivity index (χ0) is 19.1. The van der Waals surface area contributed by atoms with Crippen molar-refractivity contribution >= 4 is 13.9 Å². The third kappa shape index (κ3) is 5.87. The van der Waals surface area contributed by atoms with Gasteiger partial charge in [-0.3, -0.25) is 0 Å².